The number of ether oxygens (including phenoxy) is 2. The Morgan fingerprint density at radius 3 is 2.83 bits per heavy atom. The van der Waals surface area contributed by atoms with E-state index in [9.17, 15) is 4.21 Å². The van der Waals surface area contributed by atoms with Crippen LogP contribution in [0.1, 0.15) is 13.3 Å². The number of pyridine rings is 1. The summed E-state index contributed by atoms with van der Waals surface area (Å²) in [6.07, 6.45) is 2.43. The van der Waals surface area contributed by atoms with Gasteiger partial charge in [0.2, 0.25) is 0 Å². The molecular weight excluding hydrogens is 420 g/mol. The van der Waals surface area contributed by atoms with E-state index in [1.165, 1.54) is 0 Å². The first-order valence-electron chi connectivity index (χ1n) is 9.83. The van der Waals surface area contributed by atoms with Crippen LogP contribution in [0.4, 0.5) is 0 Å². The van der Waals surface area contributed by atoms with Crippen LogP contribution < -0.4 is 4.74 Å². The monoisotopic (exact) mass is 442 g/mol. The van der Waals surface area contributed by atoms with Gasteiger partial charge < -0.3 is 14.5 Å². The van der Waals surface area contributed by atoms with Crippen LogP contribution in [-0.4, -0.2) is 40.3 Å². The summed E-state index contributed by atoms with van der Waals surface area (Å²) in [5.41, 5.74) is 3.62. The van der Waals surface area contributed by atoms with Gasteiger partial charge in [-0.3, -0.25) is 4.21 Å². The Kier molecular flexibility index (Phi) is 6.37. The Balaban J connectivity index is 1.89. The molecule has 1 unspecified atom stereocenters. The van der Waals surface area contributed by atoms with Crippen molar-refractivity contribution < 1.29 is 13.7 Å². The molecule has 0 bridgehead atoms. The van der Waals surface area contributed by atoms with Crippen molar-refractivity contribution in [3.05, 3.63) is 53.7 Å². The molecule has 0 radical (unpaired) electrons. The fourth-order valence-corrected chi connectivity index (χ4v) is 4.53. The van der Waals surface area contributed by atoms with E-state index in [0.717, 1.165) is 50.1 Å². The van der Waals surface area contributed by atoms with E-state index >= 15 is 0 Å². The lowest BCUT2D eigenvalue weighted by Gasteiger charge is -2.11. The molecule has 0 aliphatic rings. The standard InChI is InChI=1S/C23H23ClN2O3S/c1-3-30(27)17-7-4-6-15(12-17)18-8-9-20(29-11-5-10-28-2)22-21(18)19-13-16(24)14-25-23(19)26-22/h4,6-9,12-14H,3,5,10-11H2,1-2H3,(H,25,26). The van der Waals surface area contributed by atoms with Crippen molar-refractivity contribution in [1.82, 2.24) is 9.97 Å². The van der Waals surface area contributed by atoms with Crippen LogP contribution in [0.25, 0.3) is 33.1 Å². The van der Waals surface area contributed by atoms with Crippen molar-refractivity contribution >= 4 is 44.3 Å². The quantitative estimate of drug-likeness (QED) is 0.362. The van der Waals surface area contributed by atoms with Crippen molar-refractivity contribution in [2.45, 2.75) is 18.2 Å². The van der Waals surface area contributed by atoms with Crippen LogP contribution in [0.15, 0.2) is 53.6 Å². The third-order valence-corrected chi connectivity index (χ3v) is 6.47. The molecule has 7 heteroatoms. The Hall–Kier alpha value is -2.41. The van der Waals surface area contributed by atoms with Crippen LogP contribution in [0, 0.1) is 0 Å². The van der Waals surface area contributed by atoms with Crippen LogP contribution in [0.5, 0.6) is 5.75 Å². The first-order valence-corrected chi connectivity index (χ1v) is 11.5. The van der Waals surface area contributed by atoms with Gasteiger partial charge in [0, 0.05) is 47.8 Å². The Morgan fingerprint density at radius 2 is 2.03 bits per heavy atom. The van der Waals surface area contributed by atoms with Gasteiger partial charge in [0.05, 0.1) is 27.9 Å². The minimum absolute atomic E-state index is 0.552. The largest absolute Gasteiger partial charge is 0.491 e. The molecule has 1 N–H and O–H groups in total. The van der Waals surface area contributed by atoms with Crippen LogP contribution in [-0.2, 0) is 15.5 Å². The number of methoxy groups -OCH3 is 1. The molecule has 0 spiro atoms. The summed E-state index contributed by atoms with van der Waals surface area (Å²) >= 11 is 6.26. The molecule has 2 aromatic carbocycles. The van der Waals surface area contributed by atoms with Crippen LogP contribution in [0.3, 0.4) is 0 Å². The highest BCUT2D eigenvalue weighted by Crippen LogP contribution is 2.39. The maximum Gasteiger partial charge on any atom is 0.143 e. The fourth-order valence-electron chi connectivity index (χ4n) is 3.55. The number of halogens is 1. The van der Waals surface area contributed by atoms with Crippen LogP contribution in [0.2, 0.25) is 5.02 Å². The zero-order valence-electron chi connectivity index (χ0n) is 16.9. The Labute approximate surface area is 182 Å². The average molecular weight is 443 g/mol. The summed E-state index contributed by atoms with van der Waals surface area (Å²) in [6.45, 7) is 3.12. The molecule has 0 saturated carbocycles. The number of nitrogens with zero attached hydrogens (tertiary/aromatic N) is 1. The minimum atomic E-state index is -1.02. The molecule has 0 saturated heterocycles. The SMILES string of the molecule is CCS(=O)c1cccc(-c2ccc(OCCCOC)c3[nH]c4ncc(Cl)cc4c23)c1. The van der Waals surface area contributed by atoms with E-state index in [1.54, 1.807) is 13.3 Å². The van der Waals surface area contributed by atoms with Crippen molar-refractivity contribution in [3.8, 4) is 16.9 Å². The predicted molar refractivity (Wildman–Crippen MR) is 123 cm³/mol. The van der Waals surface area contributed by atoms with Gasteiger partial charge in [-0.1, -0.05) is 30.7 Å². The summed E-state index contributed by atoms with van der Waals surface area (Å²) in [7, 11) is 0.662. The molecule has 0 aliphatic carbocycles. The lowest BCUT2D eigenvalue weighted by molar-refractivity contribution is 0.172. The number of benzene rings is 2. The summed E-state index contributed by atoms with van der Waals surface area (Å²) in [5.74, 6) is 1.34. The second-order valence-electron chi connectivity index (χ2n) is 6.89. The van der Waals surface area contributed by atoms with Crippen LogP contribution >= 0.6 is 11.6 Å². The third kappa shape index (κ3) is 4.08. The van der Waals surface area contributed by atoms with E-state index in [0.29, 0.717) is 24.0 Å². The number of hydrogen-bond donors (Lipinski definition) is 1. The number of H-pyrrole nitrogens is 1. The maximum atomic E-state index is 12.3. The summed E-state index contributed by atoms with van der Waals surface area (Å²) in [4.78, 5) is 8.66. The number of aromatic nitrogens is 2. The fraction of sp³-hybridized carbons (Fsp3) is 0.261. The molecule has 2 heterocycles. The first kappa shape index (κ1) is 20.8. The van der Waals surface area contributed by atoms with Gasteiger partial charge in [0.15, 0.2) is 0 Å². The number of fused-ring (bicyclic) bond motifs is 3. The highest BCUT2D eigenvalue weighted by molar-refractivity contribution is 7.85. The average Bonchev–Trinajstić information content (AvgIpc) is 3.15. The molecule has 0 fully saturated rings. The van der Waals surface area contributed by atoms with Crippen molar-refractivity contribution in [3.63, 3.8) is 0 Å². The molecule has 0 aliphatic heterocycles. The molecule has 2 aromatic heterocycles. The minimum Gasteiger partial charge on any atom is -0.491 e. The van der Waals surface area contributed by atoms with Crippen molar-refractivity contribution in [2.75, 3.05) is 26.1 Å². The van der Waals surface area contributed by atoms with E-state index in [1.807, 2.05) is 49.4 Å². The van der Waals surface area contributed by atoms with Gasteiger partial charge in [-0.25, -0.2) is 4.98 Å². The topological polar surface area (TPSA) is 64.2 Å². The molecule has 156 valence electrons. The van der Waals surface area contributed by atoms with Gasteiger partial charge in [-0.2, -0.15) is 0 Å². The lowest BCUT2D eigenvalue weighted by atomic mass is 9.99. The highest BCUT2D eigenvalue weighted by atomic mass is 35.5. The predicted octanol–water partition coefficient (Wildman–Crippen LogP) is 5.58. The second kappa shape index (κ2) is 9.16. The second-order valence-corrected chi connectivity index (χ2v) is 9.07. The normalized spacial score (nSPS) is 12.5. The summed E-state index contributed by atoms with van der Waals surface area (Å²) in [5, 5.41) is 2.49. The molecule has 5 nitrogen and oxygen atoms in total. The third-order valence-electron chi connectivity index (χ3n) is 4.95. The van der Waals surface area contributed by atoms with Gasteiger partial charge >= 0.3 is 0 Å². The molecule has 4 aromatic rings. The van der Waals surface area contributed by atoms with Crippen molar-refractivity contribution in [1.29, 1.82) is 0 Å². The number of aromatic amines is 1. The molecule has 4 rings (SSSR count). The van der Waals surface area contributed by atoms with E-state index in [2.05, 4.69) is 9.97 Å². The Morgan fingerprint density at radius 1 is 1.17 bits per heavy atom. The maximum absolute atomic E-state index is 12.3. The first-order chi connectivity index (χ1) is 14.6. The zero-order valence-corrected chi connectivity index (χ0v) is 18.5. The molecule has 30 heavy (non-hydrogen) atoms. The van der Waals surface area contributed by atoms with Gasteiger partial charge in [0.1, 0.15) is 11.4 Å². The zero-order chi connectivity index (χ0) is 21.1. The van der Waals surface area contributed by atoms with E-state index in [-0.39, 0.29) is 0 Å². The molecular formula is C23H23ClN2O3S. The highest BCUT2D eigenvalue weighted by Gasteiger charge is 2.16. The number of hydrogen-bond acceptors (Lipinski definition) is 4. The van der Waals surface area contributed by atoms with Gasteiger partial charge in [0.25, 0.3) is 0 Å². The van der Waals surface area contributed by atoms with E-state index < -0.39 is 10.8 Å². The smallest absolute Gasteiger partial charge is 0.143 e. The number of rotatable bonds is 8. The molecule has 1 atom stereocenters. The van der Waals surface area contributed by atoms with Gasteiger partial charge in [-0.05, 0) is 41.5 Å². The van der Waals surface area contributed by atoms with E-state index in [4.69, 9.17) is 21.1 Å². The van der Waals surface area contributed by atoms with Gasteiger partial charge in [-0.15, -0.1) is 0 Å². The summed E-state index contributed by atoms with van der Waals surface area (Å²) in [6, 6.07) is 13.8. The van der Waals surface area contributed by atoms with Crippen molar-refractivity contribution in [2.24, 2.45) is 0 Å². The molecule has 0 amide bonds. The lowest BCUT2D eigenvalue weighted by Crippen LogP contribution is -2.01. The summed E-state index contributed by atoms with van der Waals surface area (Å²) < 4.78 is 23.5. The Bertz CT molecular complexity index is 1220. The number of nitrogens with one attached hydrogen (secondary N) is 1.